The number of hydrogen-bond acceptors (Lipinski definition) is 6. The van der Waals surface area contributed by atoms with Crippen LogP contribution in [0.2, 0.25) is 5.02 Å². The van der Waals surface area contributed by atoms with Crippen molar-refractivity contribution in [3.63, 3.8) is 0 Å². The Morgan fingerprint density at radius 3 is 2.65 bits per heavy atom. The van der Waals surface area contributed by atoms with E-state index in [0.29, 0.717) is 6.54 Å². The van der Waals surface area contributed by atoms with E-state index < -0.39 is 0 Å². The Labute approximate surface area is 189 Å². The number of nitrogens with one attached hydrogen (secondary N) is 1. The summed E-state index contributed by atoms with van der Waals surface area (Å²) >= 11 is 5.97. The van der Waals surface area contributed by atoms with Gasteiger partial charge in [0.1, 0.15) is 5.82 Å². The predicted octanol–water partition coefficient (Wildman–Crippen LogP) is 2.71. The van der Waals surface area contributed by atoms with Gasteiger partial charge in [0.25, 0.3) is 0 Å². The van der Waals surface area contributed by atoms with Crippen LogP contribution in [0, 0.1) is 5.92 Å². The highest BCUT2D eigenvalue weighted by molar-refractivity contribution is 6.30. The van der Waals surface area contributed by atoms with Gasteiger partial charge >= 0.3 is 0 Å². The lowest BCUT2D eigenvalue weighted by molar-refractivity contribution is -0.142. The lowest BCUT2D eigenvalue weighted by Crippen LogP contribution is -2.53. The fourth-order valence-electron chi connectivity index (χ4n) is 4.39. The average Bonchev–Trinajstić information content (AvgIpc) is 3.21. The molecule has 0 radical (unpaired) electrons. The Kier molecular flexibility index (Phi) is 6.74. The van der Waals surface area contributed by atoms with Crippen molar-refractivity contribution in [3.8, 4) is 0 Å². The smallest absolute Gasteiger partial charge is 0.228 e. The number of likely N-dealkylation sites (tertiary alicyclic amines) is 2. The molecule has 31 heavy (non-hydrogen) atoms. The molecule has 0 spiro atoms. The second kappa shape index (κ2) is 9.51. The van der Waals surface area contributed by atoms with Crippen LogP contribution in [-0.2, 0) is 17.9 Å². The highest BCUT2D eigenvalue weighted by Gasteiger charge is 2.40. The lowest BCUT2D eigenvalue weighted by Gasteiger charge is -2.41. The SMILES string of the molecule is CNCc1cc(N(C)C)nc([C@@H]2CCCN2C(=O)C2CN(Cc3ccc(Cl)cc3)C2)n1. The molecule has 0 aliphatic carbocycles. The fraction of sp³-hybridized carbons (Fsp3) is 0.522. The van der Waals surface area contributed by atoms with E-state index in [4.69, 9.17) is 21.6 Å². The number of carbonyl (C=O) groups is 1. The van der Waals surface area contributed by atoms with Crippen LogP contribution in [0.1, 0.15) is 36.0 Å². The molecule has 1 aromatic heterocycles. The van der Waals surface area contributed by atoms with Gasteiger partial charge in [-0.05, 0) is 37.6 Å². The number of carbonyl (C=O) groups excluding carboxylic acids is 1. The summed E-state index contributed by atoms with van der Waals surface area (Å²) < 4.78 is 0. The van der Waals surface area contributed by atoms with E-state index >= 15 is 0 Å². The highest BCUT2D eigenvalue weighted by Crippen LogP contribution is 2.34. The van der Waals surface area contributed by atoms with Gasteiger partial charge in [-0.15, -0.1) is 0 Å². The Morgan fingerprint density at radius 2 is 1.97 bits per heavy atom. The van der Waals surface area contributed by atoms with E-state index in [9.17, 15) is 4.79 Å². The number of nitrogens with zero attached hydrogens (tertiary/aromatic N) is 5. The van der Waals surface area contributed by atoms with Crippen molar-refractivity contribution in [2.75, 3.05) is 45.7 Å². The molecular weight excluding hydrogens is 412 g/mol. The van der Waals surface area contributed by atoms with E-state index in [2.05, 4.69) is 10.2 Å². The number of anilines is 1. The van der Waals surface area contributed by atoms with E-state index in [1.54, 1.807) is 0 Å². The minimum Gasteiger partial charge on any atom is -0.363 e. The third kappa shape index (κ3) is 5.00. The Bertz CT molecular complexity index is 913. The highest BCUT2D eigenvalue weighted by atomic mass is 35.5. The number of aromatic nitrogens is 2. The van der Waals surface area contributed by atoms with Crippen LogP contribution in [0.5, 0.6) is 0 Å². The maximum Gasteiger partial charge on any atom is 0.228 e. The molecule has 1 amide bonds. The first-order valence-electron chi connectivity index (χ1n) is 10.9. The summed E-state index contributed by atoms with van der Waals surface area (Å²) in [5, 5.41) is 3.91. The van der Waals surface area contributed by atoms with Gasteiger partial charge in [-0.25, -0.2) is 9.97 Å². The van der Waals surface area contributed by atoms with Crippen LogP contribution in [-0.4, -0.2) is 66.5 Å². The van der Waals surface area contributed by atoms with Crippen LogP contribution in [0.25, 0.3) is 0 Å². The Hall–Kier alpha value is -2.22. The van der Waals surface area contributed by atoms with E-state index in [-0.39, 0.29) is 17.9 Å². The number of amides is 1. The lowest BCUT2D eigenvalue weighted by atomic mass is 9.97. The summed E-state index contributed by atoms with van der Waals surface area (Å²) in [6, 6.07) is 9.89. The van der Waals surface area contributed by atoms with Crippen LogP contribution < -0.4 is 10.2 Å². The van der Waals surface area contributed by atoms with Gasteiger partial charge in [0.05, 0.1) is 17.7 Å². The number of rotatable bonds is 7. The standard InChI is InChI=1S/C23H31ClN6O/c1-25-12-19-11-21(28(2)3)27-22(26-19)20-5-4-10-30(20)23(31)17-14-29(15-17)13-16-6-8-18(24)9-7-16/h6-9,11,17,20,25H,4-5,10,12-15H2,1-3H3/t20-/m0/s1. The fourth-order valence-corrected chi connectivity index (χ4v) is 4.52. The molecule has 2 aliphatic rings. The Balaban J connectivity index is 1.42. The van der Waals surface area contributed by atoms with Crippen LogP contribution in [0.15, 0.2) is 30.3 Å². The van der Waals surface area contributed by atoms with Gasteiger partial charge in [-0.3, -0.25) is 9.69 Å². The normalized spacial score (nSPS) is 19.5. The summed E-state index contributed by atoms with van der Waals surface area (Å²) in [5.41, 5.74) is 2.17. The van der Waals surface area contributed by atoms with E-state index in [1.165, 1.54) is 5.56 Å². The molecular formula is C23H31ClN6O. The van der Waals surface area contributed by atoms with Crippen molar-refractivity contribution in [1.82, 2.24) is 25.1 Å². The molecule has 1 atom stereocenters. The first kappa shape index (κ1) is 22.0. The van der Waals surface area contributed by atoms with Gasteiger partial charge in [-0.2, -0.15) is 0 Å². The van der Waals surface area contributed by atoms with Gasteiger partial charge in [0.2, 0.25) is 5.91 Å². The largest absolute Gasteiger partial charge is 0.363 e. The molecule has 2 fully saturated rings. The van der Waals surface area contributed by atoms with Crippen molar-refractivity contribution in [3.05, 3.63) is 52.4 Å². The van der Waals surface area contributed by atoms with Crippen molar-refractivity contribution in [2.24, 2.45) is 5.92 Å². The van der Waals surface area contributed by atoms with Crippen molar-refractivity contribution in [2.45, 2.75) is 32.0 Å². The molecule has 7 nitrogen and oxygen atoms in total. The maximum atomic E-state index is 13.3. The summed E-state index contributed by atoms with van der Waals surface area (Å²) in [6.07, 6.45) is 1.91. The molecule has 2 aliphatic heterocycles. The molecule has 0 bridgehead atoms. The summed E-state index contributed by atoms with van der Waals surface area (Å²) in [7, 11) is 5.88. The number of halogens is 1. The first-order valence-corrected chi connectivity index (χ1v) is 11.3. The predicted molar refractivity (Wildman–Crippen MR) is 123 cm³/mol. The number of hydrogen-bond donors (Lipinski definition) is 1. The number of benzene rings is 1. The molecule has 2 saturated heterocycles. The quantitative estimate of drug-likeness (QED) is 0.711. The van der Waals surface area contributed by atoms with Crippen LogP contribution in [0.3, 0.4) is 0 Å². The zero-order chi connectivity index (χ0) is 22.0. The van der Waals surface area contributed by atoms with Crippen LogP contribution >= 0.6 is 11.6 Å². The summed E-state index contributed by atoms with van der Waals surface area (Å²) in [5.74, 6) is 1.94. The molecule has 8 heteroatoms. The maximum absolute atomic E-state index is 13.3. The molecule has 1 N–H and O–H groups in total. The molecule has 2 aromatic rings. The zero-order valence-electron chi connectivity index (χ0n) is 18.5. The first-order chi connectivity index (χ1) is 14.9. The molecule has 166 valence electrons. The van der Waals surface area contributed by atoms with Gasteiger partial charge in [0, 0.05) is 57.9 Å². The van der Waals surface area contributed by atoms with Gasteiger partial charge in [0.15, 0.2) is 5.82 Å². The average molecular weight is 443 g/mol. The summed E-state index contributed by atoms with van der Waals surface area (Å²) in [4.78, 5) is 29.2. The third-order valence-corrected chi connectivity index (χ3v) is 6.31. The molecule has 0 unspecified atom stereocenters. The Morgan fingerprint density at radius 1 is 1.23 bits per heavy atom. The molecule has 0 saturated carbocycles. The van der Waals surface area contributed by atoms with Crippen molar-refractivity contribution in [1.29, 1.82) is 0 Å². The van der Waals surface area contributed by atoms with Crippen molar-refractivity contribution >= 4 is 23.3 Å². The minimum absolute atomic E-state index is 0.0340. The van der Waals surface area contributed by atoms with E-state index in [0.717, 1.165) is 61.4 Å². The molecule has 1 aromatic carbocycles. The molecule has 3 heterocycles. The second-order valence-corrected chi connectivity index (χ2v) is 9.14. The topological polar surface area (TPSA) is 64.6 Å². The van der Waals surface area contributed by atoms with Crippen molar-refractivity contribution < 1.29 is 4.79 Å². The third-order valence-electron chi connectivity index (χ3n) is 6.06. The minimum atomic E-state index is -0.0340. The van der Waals surface area contributed by atoms with E-state index in [1.807, 2.05) is 61.3 Å². The zero-order valence-corrected chi connectivity index (χ0v) is 19.3. The second-order valence-electron chi connectivity index (χ2n) is 8.71. The van der Waals surface area contributed by atoms with Crippen LogP contribution in [0.4, 0.5) is 5.82 Å². The van der Waals surface area contributed by atoms with Gasteiger partial charge in [-0.1, -0.05) is 23.7 Å². The summed E-state index contributed by atoms with van der Waals surface area (Å²) in [6.45, 7) is 3.92. The van der Waals surface area contributed by atoms with Gasteiger partial charge < -0.3 is 15.1 Å². The monoisotopic (exact) mass is 442 g/mol. The molecule has 4 rings (SSSR count).